The molecule has 0 amide bonds. The van der Waals surface area contributed by atoms with Gasteiger partial charge in [0.25, 0.3) is 0 Å². The summed E-state index contributed by atoms with van der Waals surface area (Å²) in [5, 5.41) is 3.71. The van der Waals surface area contributed by atoms with Crippen LogP contribution in [0.5, 0.6) is 0 Å². The molecule has 0 atom stereocenters. The van der Waals surface area contributed by atoms with Gasteiger partial charge in [-0.1, -0.05) is 34.3 Å². The number of nitrogens with one attached hydrogen (secondary N) is 1. The fourth-order valence-corrected chi connectivity index (χ4v) is 2.37. The lowest BCUT2D eigenvalue weighted by atomic mass is 9.75. The van der Waals surface area contributed by atoms with E-state index in [0.29, 0.717) is 11.5 Å². The zero-order valence-corrected chi connectivity index (χ0v) is 10.9. The quantitative estimate of drug-likeness (QED) is 0.735. The summed E-state index contributed by atoms with van der Waals surface area (Å²) >= 11 is 0. The molecule has 1 heteroatoms. The predicted molar refractivity (Wildman–Crippen MR) is 67.8 cm³/mol. The van der Waals surface area contributed by atoms with Gasteiger partial charge in [0.2, 0.25) is 0 Å². The van der Waals surface area contributed by atoms with Crippen LogP contribution in [0.3, 0.4) is 0 Å². The maximum absolute atomic E-state index is 4.15. The molecule has 1 aliphatic carbocycles. The van der Waals surface area contributed by atoms with Gasteiger partial charge < -0.3 is 5.32 Å². The van der Waals surface area contributed by atoms with Crippen molar-refractivity contribution in [3.05, 3.63) is 12.3 Å². The molecule has 15 heavy (non-hydrogen) atoms. The first-order valence-electron chi connectivity index (χ1n) is 6.46. The van der Waals surface area contributed by atoms with Crippen molar-refractivity contribution in [3.63, 3.8) is 0 Å². The van der Waals surface area contributed by atoms with Crippen LogP contribution in [0.2, 0.25) is 0 Å². The highest BCUT2D eigenvalue weighted by Gasteiger charge is 2.32. The summed E-state index contributed by atoms with van der Waals surface area (Å²) in [7, 11) is 0. The zero-order valence-electron chi connectivity index (χ0n) is 10.9. The second-order valence-electron chi connectivity index (χ2n) is 5.62. The molecule has 1 nitrogen and oxygen atoms in total. The summed E-state index contributed by atoms with van der Waals surface area (Å²) in [6, 6.07) is 0. The number of allylic oxidation sites excluding steroid dienone is 1. The van der Waals surface area contributed by atoms with Crippen molar-refractivity contribution < 1.29 is 0 Å². The van der Waals surface area contributed by atoms with Crippen molar-refractivity contribution in [2.75, 3.05) is 0 Å². The average molecular weight is 209 g/mol. The van der Waals surface area contributed by atoms with Gasteiger partial charge in [0.1, 0.15) is 0 Å². The van der Waals surface area contributed by atoms with Crippen molar-refractivity contribution in [3.8, 4) is 0 Å². The van der Waals surface area contributed by atoms with E-state index in [1.54, 1.807) is 0 Å². The lowest BCUT2D eigenvalue weighted by molar-refractivity contribution is 0.199. The van der Waals surface area contributed by atoms with E-state index in [1.807, 2.05) is 0 Å². The predicted octanol–water partition coefficient (Wildman–Crippen LogP) is 4.10. The molecule has 1 N–H and O–H groups in total. The van der Waals surface area contributed by atoms with E-state index in [1.165, 1.54) is 37.8 Å². The van der Waals surface area contributed by atoms with Crippen LogP contribution in [0, 0.1) is 11.8 Å². The first-order valence-corrected chi connectivity index (χ1v) is 6.46. The van der Waals surface area contributed by atoms with Crippen LogP contribution >= 0.6 is 0 Å². The number of hydrogen-bond acceptors (Lipinski definition) is 1. The Morgan fingerprint density at radius 3 is 2.33 bits per heavy atom. The summed E-state index contributed by atoms with van der Waals surface area (Å²) < 4.78 is 0. The largest absolute Gasteiger partial charge is 0.383 e. The Kier molecular flexibility index (Phi) is 4.24. The van der Waals surface area contributed by atoms with E-state index in [0.717, 1.165) is 5.92 Å². The van der Waals surface area contributed by atoms with Gasteiger partial charge in [0.05, 0.1) is 0 Å². The summed E-state index contributed by atoms with van der Waals surface area (Å²) in [5.74, 6) is 1.46. The van der Waals surface area contributed by atoms with Crippen LogP contribution in [0.4, 0.5) is 0 Å². The van der Waals surface area contributed by atoms with Gasteiger partial charge in [-0.05, 0) is 43.9 Å². The Bertz CT molecular complexity index is 209. The topological polar surface area (TPSA) is 12.0 Å². The van der Waals surface area contributed by atoms with Crippen molar-refractivity contribution in [1.29, 1.82) is 0 Å². The highest BCUT2D eigenvalue weighted by molar-refractivity contribution is 5.04. The summed E-state index contributed by atoms with van der Waals surface area (Å²) in [5.41, 5.74) is 1.57. The lowest BCUT2D eigenvalue weighted by Gasteiger charge is -2.41. The van der Waals surface area contributed by atoms with Crippen molar-refractivity contribution >= 4 is 0 Å². The Morgan fingerprint density at radius 2 is 1.93 bits per heavy atom. The molecule has 0 bridgehead atoms. The van der Waals surface area contributed by atoms with Gasteiger partial charge in [-0.15, -0.1) is 0 Å². The molecule has 1 fully saturated rings. The van der Waals surface area contributed by atoms with Gasteiger partial charge in [0.15, 0.2) is 0 Å². The normalized spacial score (nSPS) is 31.7. The van der Waals surface area contributed by atoms with Crippen molar-refractivity contribution in [1.82, 2.24) is 5.32 Å². The zero-order chi connectivity index (χ0) is 11.5. The lowest BCUT2D eigenvalue weighted by Crippen LogP contribution is -2.47. The molecule has 0 aromatic heterocycles. The Morgan fingerprint density at radius 1 is 1.40 bits per heavy atom. The third-order valence-electron chi connectivity index (χ3n) is 4.03. The van der Waals surface area contributed by atoms with E-state index in [-0.39, 0.29) is 0 Å². The minimum absolute atomic E-state index is 0.355. The smallest absolute Gasteiger partial charge is 0.0368 e. The van der Waals surface area contributed by atoms with Crippen LogP contribution in [-0.2, 0) is 0 Å². The van der Waals surface area contributed by atoms with E-state index in [4.69, 9.17) is 0 Å². The molecule has 0 aromatic carbocycles. The Balaban J connectivity index is 2.57. The highest BCUT2D eigenvalue weighted by Crippen LogP contribution is 2.35. The van der Waals surface area contributed by atoms with Gasteiger partial charge in [-0.25, -0.2) is 0 Å². The fourth-order valence-electron chi connectivity index (χ4n) is 2.37. The molecule has 1 saturated carbocycles. The standard InChI is InChI=1S/C14H27N/c1-6-14(15-13(5)11(2)3)9-7-12(4)8-10-14/h11-12,15H,5-10H2,1-4H3. The van der Waals surface area contributed by atoms with E-state index in [9.17, 15) is 0 Å². The van der Waals surface area contributed by atoms with Crippen LogP contribution in [-0.4, -0.2) is 5.54 Å². The monoisotopic (exact) mass is 209 g/mol. The van der Waals surface area contributed by atoms with Crippen LogP contribution in [0.15, 0.2) is 12.3 Å². The van der Waals surface area contributed by atoms with Gasteiger partial charge in [-0.2, -0.15) is 0 Å². The number of hydrogen-bond donors (Lipinski definition) is 1. The van der Waals surface area contributed by atoms with Gasteiger partial charge >= 0.3 is 0 Å². The molecule has 1 rings (SSSR count). The molecule has 0 radical (unpaired) electrons. The second-order valence-corrected chi connectivity index (χ2v) is 5.62. The minimum atomic E-state index is 0.355. The third kappa shape index (κ3) is 3.25. The maximum Gasteiger partial charge on any atom is 0.0368 e. The fraction of sp³-hybridized carbons (Fsp3) is 0.857. The van der Waals surface area contributed by atoms with Gasteiger partial charge in [0, 0.05) is 11.2 Å². The molecule has 0 unspecified atom stereocenters. The molecule has 1 aliphatic rings. The maximum atomic E-state index is 4.15. The van der Waals surface area contributed by atoms with E-state index < -0.39 is 0 Å². The van der Waals surface area contributed by atoms with Crippen molar-refractivity contribution in [2.24, 2.45) is 11.8 Å². The van der Waals surface area contributed by atoms with Crippen LogP contribution in [0.1, 0.15) is 59.8 Å². The summed E-state index contributed by atoms with van der Waals surface area (Å²) in [6.07, 6.45) is 6.59. The van der Waals surface area contributed by atoms with Crippen LogP contribution in [0.25, 0.3) is 0 Å². The SMILES string of the molecule is C=C(NC1(CC)CCC(C)CC1)C(C)C. The van der Waals surface area contributed by atoms with E-state index >= 15 is 0 Å². The molecular formula is C14H27N. The number of rotatable bonds is 4. The van der Waals surface area contributed by atoms with Gasteiger partial charge in [-0.3, -0.25) is 0 Å². The molecule has 0 heterocycles. The van der Waals surface area contributed by atoms with E-state index in [2.05, 4.69) is 39.6 Å². The molecule has 88 valence electrons. The molecule has 0 saturated heterocycles. The first kappa shape index (κ1) is 12.6. The first-order chi connectivity index (χ1) is 6.99. The molecule has 0 aromatic rings. The molecule has 0 spiro atoms. The summed E-state index contributed by atoms with van der Waals surface area (Å²) in [4.78, 5) is 0. The minimum Gasteiger partial charge on any atom is -0.383 e. The Labute approximate surface area is 95.3 Å². The second kappa shape index (κ2) is 5.05. The highest BCUT2D eigenvalue weighted by atomic mass is 15.0. The summed E-state index contributed by atoms with van der Waals surface area (Å²) in [6.45, 7) is 13.2. The third-order valence-corrected chi connectivity index (χ3v) is 4.03. The average Bonchev–Trinajstić information content (AvgIpc) is 2.21. The Hall–Kier alpha value is -0.460. The van der Waals surface area contributed by atoms with Crippen molar-refractivity contribution in [2.45, 2.75) is 65.3 Å². The molecule has 0 aliphatic heterocycles. The van der Waals surface area contributed by atoms with Crippen LogP contribution < -0.4 is 5.32 Å². The molecular weight excluding hydrogens is 182 g/mol.